The highest BCUT2D eigenvalue weighted by Crippen LogP contribution is 2.17. The molecule has 1 atom stereocenters. The van der Waals surface area contributed by atoms with Crippen molar-refractivity contribution in [3.8, 4) is 0 Å². The van der Waals surface area contributed by atoms with Crippen LogP contribution in [0.1, 0.15) is 23.4 Å². The average Bonchev–Trinajstić information content (AvgIpc) is 2.85. The fraction of sp³-hybridized carbons (Fsp3) is 0.308. The predicted molar refractivity (Wildman–Crippen MR) is 73.0 cm³/mol. The van der Waals surface area contributed by atoms with Crippen LogP contribution in [0.3, 0.4) is 0 Å². The van der Waals surface area contributed by atoms with Crippen LogP contribution in [-0.4, -0.2) is 11.5 Å². The Morgan fingerprint density at radius 1 is 1.50 bits per heavy atom. The predicted octanol–water partition coefficient (Wildman–Crippen LogP) is 2.76. The van der Waals surface area contributed by atoms with E-state index in [0.29, 0.717) is 23.7 Å². The van der Waals surface area contributed by atoms with E-state index in [1.165, 1.54) is 6.07 Å². The minimum absolute atomic E-state index is 0.260. The number of hydrogen-bond acceptors (Lipinski definition) is 4. The molecule has 0 saturated heterocycles. The molecule has 5 heteroatoms. The van der Waals surface area contributed by atoms with Crippen LogP contribution in [0, 0.1) is 5.82 Å². The number of thiazole rings is 1. The Hall–Kier alpha value is -1.46. The molecule has 3 N–H and O–H groups in total. The van der Waals surface area contributed by atoms with E-state index in [-0.39, 0.29) is 5.82 Å². The van der Waals surface area contributed by atoms with E-state index in [1.54, 1.807) is 29.7 Å². The van der Waals surface area contributed by atoms with Crippen molar-refractivity contribution in [2.45, 2.75) is 19.4 Å². The van der Waals surface area contributed by atoms with Gasteiger partial charge in [-0.3, -0.25) is 0 Å². The number of anilines is 1. The molecule has 1 aromatic heterocycles. The van der Waals surface area contributed by atoms with Gasteiger partial charge in [-0.05, 0) is 12.1 Å². The molecule has 2 aromatic rings. The molecule has 0 aliphatic rings. The quantitative estimate of drug-likeness (QED) is 0.817. The zero-order valence-electron chi connectivity index (χ0n) is 10.2. The van der Waals surface area contributed by atoms with E-state index in [2.05, 4.69) is 17.2 Å². The Kier molecular flexibility index (Phi) is 4.28. The zero-order valence-corrected chi connectivity index (χ0v) is 11.0. The van der Waals surface area contributed by atoms with Crippen LogP contribution in [0.2, 0.25) is 0 Å². The first kappa shape index (κ1) is 13.0. The molecule has 0 spiro atoms. The normalized spacial score (nSPS) is 12.6. The summed E-state index contributed by atoms with van der Waals surface area (Å²) in [4.78, 5) is 4.26. The van der Waals surface area contributed by atoms with Gasteiger partial charge in [-0.25, -0.2) is 9.37 Å². The van der Waals surface area contributed by atoms with E-state index < -0.39 is 0 Å². The van der Waals surface area contributed by atoms with Crippen molar-refractivity contribution in [2.75, 3.05) is 12.3 Å². The fourth-order valence-corrected chi connectivity index (χ4v) is 2.39. The molecule has 18 heavy (non-hydrogen) atoms. The number of nitrogens with two attached hydrogens (primary N) is 1. The summed E-state index contributed by atoms with van der Waals surface area (Å²) in [6, 6.07) is 4.78. The van der Waals surface area contributed by atoms with Gasteiger partial charge in [0, 0.05) is 41.8 Å². The standard InChI is InChI=1S/C13H16FN3S/c1-9(13-17-4-5-18-13)7-16-8-10-2-3-11(15)6-12(10)14/h2-6,9,16H,7-8,15H2,1H3. The molecule has 2 rings (SSSR count). The van der Waals surface area contributed by atoms with Gasteiger partial charge in [-0.15, -0.1) is 11.3 Å². The lowest BCUT2D eigenvalue weighted by Gasteiger charge is -2.10. The summed E-state index contributed by atoms with van der Waals surface area (Å²) in [5, 5.41) is 6.30. The summed E-state index contributed by atoms with van der Waals surface area (Å²) >= 11 is 1.64. The van der Waals surface area contributed by atoms with Crippen LogP contribution >= 0.6 is 11.3 Å². The maximum absolute atomic E-state index is 13.5. The Bertz CT molecular complexity index is 499. The summed E-state index contributed by atoms with van der Waals surface area (Å²) in [6.45, 7) is 3.38. The van der Waals surface area contributed by atoms with Crippen molar-refractivity contribution in [3.05, 3.63) is 46.2 Å². The van der Waals surface area contributed by atoms with Gasteiger partial charge in [-0.2, -0.15) is 0 Å². The first-order chi connectivity index (χ1) is 8.66. The average molecular weight is 265 g/mol. The van der Waals surface area contributed by atoms with Gasteiger partial charge in [0.1, 0.15) is 5.82 Å². The minimum Gasteiger partial charge on any atom is -0.399 e. The van der Waals surface area contributed by atoms with Gasteiger partial charge in [0.15, 0.2) is 0 Å². The maximum atomic E-state index is 13.5. The molecule has 0 fully saturated rings. The van der Waals surface area contributed by atoms with Crippen LogP contribution in [0.15, 0.2) is 29.8 Å². The second-order valence-corrected chi connectivity index (χ2v) is 5.18. The van der Waals surface area contributed by atoms with Gasteiger partial charge >= 0.3 is 0 Å². The summed E-state index contributed by atoms with van der Waals surface area (Å²) < 4.78 is 13.5. The second kappa shape index (κ2) is 5.93. The summed E-state index contributed by atoms with van der Waals surface area (Å²) in [6.07, 6.45) is 1.80. The lowest BCUT2D eigenvalue weighted by molar-refractivity contribution is 0.570. The van der Waals surface area contributed by atoms with E-state index in [4.69, 9.17) is 5.73 Å². The minimum atomic E-state index is -0.260. The van der Waals surface area contributed by atoms with Gasteiger partial charge in [0.05, 0.1) is 5.01 Å². The van der Waals surface area contributed by atoms with E-state index in [9.17, 15) is 4.39 Å². The molecule has 0 amide bonds. The van der Waals surface area contributed by atoms with Gasteiger partial charge in [0.25, 0.3) is 0 Å². The Labute approximate surface area is 110 Å². The fourth-order valence-electron chi connectivity index (χ4n) is 1.70. The number of benzene rings is 1. The molecule has 1 heterocycles. The number of hydrogen-bond donors (Lipinski definition) is 2. The molecule has 0 aliphatic carbocycles. The maximum Gasteiger partial charge on any atom is 0.129 e. The first-order valence-corrected chi connectivity index (χ1v) is 6.69. The number of halogens is 1. The molecule has 0 bridgehead atoms. The molecule has 0 saturated carbocycles. The molecule has 0 radical (unpaired) electrons. The van der Waals surface area contributed by atoms with Crippen LogP contribution < -0.4 is 11.1 Å². The molecule has 1 aromatic carbocycles. The Morgan fingerprint density at radius 2 is 2.33 bits per heavy atom. The van der Waals surface area contributed by atoms with Crippen LogP contribution in [0.5, 0.6) is 0 Å². The SMILES string of the molecule is CC(CNCc1ccc(N)cc1F)c1nccs1. The Balaban J connectivity index is 1.85. The molecular formula is C13H16FN3S. The molecule has 3 nitrogen and oxygen atoms in total. The van der Waals surface area contributed by atoms with Crippen LogP contribution in [0.25, 0.3) is 0 Å². The summed E-state index contributed by atoms with van der Waals surface area (Å²) in [5.74, 6) is 0.0752. The Morgan fingerprint density at radius 3 is 3.00 bits per heavy atom. The van der Waals surface area contributed by atoms with E-state index in [0.717, 1.165) is 11.6 Å². The van der Waals surface area contributed by atoms with Crippen LogP contribution in [-0.2, 0) is 6.54 Å². The lowest BCUT2D eigenvalue weighted by Crippen LogP contribution is -2.20. The van der Waals surface area contributed by atoms with Crippen molar-refractivity contribution < 1.29 is 4.39 Å². The highest BCUT2D eigenvalue weighted by Gasteiger charge is 2.08. The van der Waals surface area contributed by atoms with E-state index >= 15 is 0 Å². The topological polar surface area (TPSA) is 50.9 Å². The third-order valence-corrected chi connectivity index (χ3v) is 3.72. The summed E-state index contributed by atoms with van der Waals surface area (Å²) in [5.41, 5.74) is 6.59. The molecule has 96 valence electrons. The van der Waals surface area contributed by atoms with Crippen molar-refractivity contribution in [2.24, 2.45) is 0 Å². The third kappa shape index (κ3) is 3.27. The van der Waals surface area contributed by atoms with Gasteiger partial charge in [0.2, 0.25) is 0 Å². The zero-order chi connectivity index (χ0) is 13.0. The summed E-state index contributed by atoms with van der Waals surface area (Å²) in [7, 11) is 0. The van der Waals surface area contributed by atoms with Crippen LogP contribution in [0.4, 0.5) is 10.1 Å². The van der Waals surface area contributed by atoms with Crippen molar-refractivity contribution in [1.82, 2.24) is 10.3 Å². The van der Waals surface area contributed by atoms with Crippen molar-refractivity contribution >= 4 is 17.0 Å². The van der Waals surface area contributed by atoms with Crippen molar-refractivity contribution in [1.29, 1.82) is 0 Å². The smallest absolute Gasteiger partial charge is 0.129 e. The first-order valence-electron chi connectivity index (χ1n) is 5.81. The number of aromatic nitrogens is 1. The largest absolute Gasteiger partial charge is 0.399 e. The van der Waals surface area contributed by atoms with Gasteiger partial charge < -0.3 is 11.1 Å². The van der Waals surface area contributed by atoms with Gasteiger partial charge in [-0.1, -0.05) is 13.0 Å². The molecule has 0 aliphatic heterocycles. The highest BCUT2D eigenvalue weighted by atomic mass is 32.1. The molecule has 1 unspecified atom stereocenters. The van der Waals surface area contributed by atoms with Crippen molar-refractivity contribution in [3.63, 3.8) is 0 Å². The number of nitrogens with zero attached hydrogens (tertiary/aromatic N) is 1. The number of nitrogens with one attached hydrogen (secondary N) is 1. The van der Waals surface area contributed by atoms with E-state index in [1.807, 2.05) is 5.38 Å². The lowest BCUT2D eigenvalue weighted by atomic mass is 10.1. The highest BCUT2D eigenvalue weighted by molar-refractivity contribution is 7.09. The molecular weight excluding hydrogens is 249 g/mol. The second-order valence-electron chi connectivity index (χ2n) is 4.25. The number of rotatable bonds is 5. The number of nitrogen functional groups attached to an aromatic ring is 1. The third-order valence-electron chi connectivity index (χ3n) is 2.72. The monoisotopic (exact) mass is 265 g/mol.